The summed E-state index contributed by atoms with van der Waals surface area (Å²) in [6.07, 6.45) is 0. The van der Waals surface area contributed by atoms with Gasteiger partial charge in [0.1, 0.15) is 0 Å². The smallest absolute Gasteiger partial charge is 0.160 e. The van der Waals surface area contributed by atoms with Crippen LogP contribution < -0.4 is 0 Å². The molecule has 9 aromatic carbocycles. The van der Waals surface area contributed by atoms with E-state index in [9.17, 15) is 0 Å². The highest BCUT2D eigenvalue weighted by Gasteiger charge is 2.19. The van der Waals surface area contributed by atoms with Gasteiger partial charge in [-0.05, 0) is 73.8 Å². The first-order valence-corrected chi connectivity index (χ1v) is 20.7. The van der Waals surface area contributed by atoms with Gasteiger partial charge in [0.15, 0.2) is 5.82 Å². The second kappa shape index (κ2) is 13.6. The zero-order valence-electron chi connectivity index (χ0n) is 31.8. The summed E-state index contributed by atoms with van der Waals surface area (Å²) in [5.41, 5.74) is 10.2. The molecule has 0 saturated carbocycles. The predicted octanol–water partition coefficient (Wildman–Crippen LogP) is 15.2. The minimum atomic E-state index is 0.693. The summed E-state index contributed by atoms with van der Waals surface area (Å²) in [7, 11) is 0. The highest BCUT2D eigenvalue weighted by Crippen LogP contribution is 2.45. The van der Waals surface area contributed by atoms with E-state index >= 15 is 0 Å². The third-order valence-electron chi connectivity index (χ3n) is 11.7. The average Bonchev–Trinajstić information content (AvgIpc) is 3.72. The molecule has 0 saturated heterocycles. The van der Waals surface area contributed by atoms with E-state index in [0.29, 0.717) is 5.82 Å². The summed E-state index contributed by atoms with van der Waals surface area (Å²) in [6.45, 7) is 0. The van der Waals surface area contributed by atoms with Crippen molar-refractivity contribution >= 4 is 74.7 Å². The molecule has 3 aromatic heterocycles. The van der Waals surface area contributed by atoms with E-state index in [4.69, 9.17) is 15.0 Å². The lowest BCUT2D eigenvalue weighted by atomic mass is 9.92. The van der Waals surface area contributed by atoms with Gasteiger partial charge in [0.05, 0.1) is 22.6 Å². The maximum Gasteiger partial charge on any atom is 0.160 e. The summed E-state index contributed by atoms with van der Waals surface area (Å²) >= 11 is 1.84. The Labute approximate surface area is 344 Å². The second-order valence-corrected chi connectivity index (χ2v) is 16.2. The molecule has 0 unspecified atom stereocenters. The Balaban J connectivity index is 1.05. The molecule has 12 rings (SSSR count). The molecule has 0 N–H and O–H groups in total. The number of benzene rings is 9. The van der Waals surface area contributed by atoms with E-state index in [-0.39, 0.29) is 0 Å². The molecule has 3 heterocycles. The quantitative estimate of drug-likeness (QED) is 0.164. The van der Waals surface area contributed by atoms with E-state index in [1.165, 1.54) is 58.1 Å². The highest BCUT2D eigenvalue weighted by atomic mass is 32.1. The first kappa shape index (κ1) is 33.6. The van der Waals surface area contributed by atoms with Crippen LogP contribution in [0.3, 0.4) is 0 Å². The molecule has 0 amide bonds. The molecule has 0 spiro atoms. The van der Waals surface area contributed by atoms with Crippen molar-refractivity contribution in [1.29, 1.82) is 0 Å². The molecule has 0 atom stereocenters. The highest BCUT2D eigenvalue weighted by molar-refractivity contribution is 7.26. The van der Waals surface area contributed by atoms with E-state index in [1.807, 2.05) is 23.5 Å². The monoisotopic (exact) mass is 767 g/mol. The number of pyridine rings is 1. The number of thiophene rings is 1. The normalized spacial score (nSPS) is 11.7. The van der Waals surface area contributed by atoms with Gasteiger partial charge in [-0.2, -0.15) is 0 Å². The molecule has 4 heteroatoms. The largest absolute Gasteiger partial charge is 0.247 e. The van der Waals surface area contributed by atoms with Gasteiger partial charge in [-0.15, -0.1) is 11.3 Å². The van der Waals surface area contributed by atoms with Crippen molar-refractivity contribution in [3.63, 3.8) is 0 Å². The second-order valence-electron chi connectivity index (χ2n) is 15.1. The minimum absolute atomic E-state index is 0.693. The van der Waals surface area contributed by atoms with Gasteiger partial charge in [0.25, 0.3) is 0 Å². The molecule has 0 fully saturated rings. The first-order chi connectivity index (χ1) is 29.2. The van der Waals surface area contributed by atoms with Crippen LogP contribution in [0.1, 0.15) is 0 Å². The molecule has 3 nitrogen and oxygen atoms in total. The maximum atomic E-state index is 5.52. The number of hydrogen-bond donors (Lipinski definition) is 0. The van der Waals surface area contributed by atoms with Crippen LogP contribution >= 0.6 is 11.3 Å². The molecule has 0 radical (unpaired) electrons. The Kier molecular flexibility index (Phi) is 7.72. The summed E-state index contributed by atoms with van der Waals surface area (Å²) in [5.74, 6) is 0.693. The number of hydrogen-bond acceptors (Lipinski definition) is 4. The van der Waals surface area contributed by atoms with Crippen molar-refractivity contribution < 1.29 is 0 Å². The topological polar surface area (TPSA) is 38.7 Å². The van der Waals surface area contributed by atoms with Gasteiger partial charge in [0.2, 0.25) is 0 Å². The van der Waals surface area contributed by atoms with E-state index in [2.05, 4.69) is 188 Å². The Bertz CT molecular complexity index is 3560. The lowest BCUT2D eigenvalue weighted by Gasteiger charge is -2.13. The molecule has 59 heavy (non-hydrogen) atoms. The Morgan fingerprint density at radius 1 is 0.305 bits per heavy atom. The van der Waals surface area contributed by atoms with Crippen LogP contribution in [0.25, 0.3) is 120 Å². The molecule has 0 aliphatic carbocycles. The van der Waals surface area contributed by atoms with Gasteiger partial charge in [0, 0.05) is 47.8 Å². The molecule has 0 aliphatic heterocycles. The minimum Gasteiger partial charge on any atom is -0.247 e. The number of nitrogens with zero attached hydrogens (tertiary/aromatic N) is 3. The van der Waals surface area contributed by atoms with Gasteiger partial charge in [-0.25, -0.2) is 15.0 Å². The van der Waals surface area contributed by atoms with Crippen LogP contribution in [0.4, 0.5) is 0 Å². The molecule has 0 aliphatic rings. The Morgan fingerprint density at radius 3 is 1.49 bits per heavy atom. The summed E-state index contributed by atoms with van der Waals surface area (Å²) < 4.78 is 2.47. The molecular formula is C55H33N3S. The van der Waals surface area contributed by atoms with Crippen molar-refractivity contribution in [3.05, 3.63) is 200 Å². The Hall–Kier alpha value is -7.53. The molecule has 0 bridgehead atoms. The van der Waals surface area contributed by atoms with E-state index in [0.717, 1.165) is 55.8 Å². The van der Waals surface area contributed by atoms with Crippen molar-refractivity contribution in [1.82, 2.24) is 15.0 Å². The van der Waals surface area contributed by atoms with Gasteiger partial charge < -0.3 is 0 Å². The summed E-state index contributed by atoms with van der Waals surface area (Å²) in [6, 6.07) is 71.3. The summed E-state index contributed by atoms with van der Waals surface area (Å²) in [5, 5.41) is 11.1. The third-order valence-corrected chi connectivity index (χ3v) is 12.9. The van der Waals surface area contributed by atoms with Crippen molar-refractivity contribution in [3.8, 4) is 56.3 Å². The van der Waals surface area contributed by atoms with Crippen molar-refractivity contribution in [2.75, 3.05) is 0 Å². The molecule has 274 valence electrons. The maximum absolute atomic E-state index is 5.52. The van der Waals surface area contributed by atoms with Crippen LogP contribution in [0.2, 0.25) is 0 Å². The van der Waals surface area contributed by atoms with Gasteiger partial charge in [-0.3, -0.25) is 0 Å². The van der Waals surface area contributed by atoms with Crippen molar-refractivity contribution in [2.24, 2.45) is 0 Å². The SMILES string of the molecule is c1ccc(-c2ccc(-c3nc(-c4ccccc4)cc(-c4ccc5nc(-c6ccc7c8ccccc8c8ccccc8c7c6)c6c7ccccc7sc6c5c4)n3)cc2)cc1. The number of aromatic nitrogens is 3. The summed E-state index contributed by atoms with van der Waals surface area (Å²) in [4.78, 5) is 15.9. The standard InChI is InChI=1S/C55H33N3S/c1-3-13-34(14-4-1)35-23-25-37(26-24-35)55-57-49(36-15-5-2-6-16-36)33-50(58-55)38-28-30-48-47(31-38)54-52(45-21-11-12-22-51(45)59-54)53(56-48)39-27-29-44-42-19-8-7-17-40(42)41-18-9-10-20-43(41)46(44)32-39/h1-33H. The van der Waals surface area contributed by atoms with Crippen LogP contribution in [-0.2, 0) is 0 Å². The average molecular weight is 768 g/mol. The van der Waals surface area contributed by atoms with Gasteiger partial charge in [-0.1, -0.05) is 170 Å². The van der Waals surface area contributed by atoms with E-state index in [1.54, 1.807) is 0 Å². The lowest BCUT2D eigenvalue weighted by molar-refractivity contribution is 1.18. The fraction of sp³-hybridized carbons (Fsp3) is 0. The predicted molar refractivity (Wildman–Crippen MR) is 250 cm³/mol. The first-order valence-electron chi connectivity index (χ1n) is 19.9. The van der Waals surface area contributed by atoms with E-state index < -0.39 is 0 Å². The third kappa shape index (κ3) is 5.60. The van der Waals surface area contributed by atoms with Crippen LogP contribution in [0.5, 0.6) is 0 Å². The van der Waals surface area contributed by atoms with Crippen molar-refractivity contribution in [2.45, 2.75) is 0 Å². The zero-order chi connectivity index (χ0) is 38.9. The molecule has 12 aromatic rings. The zero-order valence-corrected chi connectivity index (χ0v) is 32.6. The lowest BCUT2D eigenvalue weighted by Crippen LogP contribution is -1.96. The fourth-order valence-corrected chi connectivity index (χ4v) is 10.0. The van der Waals surface area contributed by atoms with Crippen LogP contribution in [0.15, 0.2) is 200 Å². The van der Waals surface area contributed by atoms with Gasteiger partial charge >= 0.3 is 0 Å². The number of fused-ring (bicyclic) bond motifs is 11. The van der Waals surface area contributed by atoms with Crippen LogP contribution in [-0.4, -0.2) is 15.0 Å². The molecular weight excluding hydrogens is 735 g/mol. The fourth-order valence-electron chi connectivity index (χ4n) is 8.81. The van der Waals surface area contributed by atoms with Crippen LogP contribution in [0, 0.1) is 0 Å². The Morgan fingerprint density at radius 2 is 0.797 bits per heavy atom. The number of rotatable bonds is 5.